The molecule has 0 unspecified atom stereocenters. The van der Waals surface area contributed by atoms with Gasteiger partial charge in [0.2, 0.25) is 5.91 Å². The second kappa shape index (κ2) is 14.9. The first kappa shape index (κ1) is 30.5. The van der Waals surface area contributed by atoms with Crippen LogP contribution in [0.15, 0.2) is 17.1 Å². The lowest BCUT2D eigenvalue weighted by Gasteiger charge is -2.27. The standard InChI is InChI=1S/C25H40N6O4S2/c1-15(2)21(30-24(33)31(7)11-19-13-36-23(29-19)16(3)4)22(32)27-17(5)8-9-18(6)28-25(34)35-12-20-10-26-14-37-20/h10,13-18,21H,8-9,11-12H2,1-7H3,(H,27,32)(H,28,34)(H,30,33)/t17-,18-,21+/m0/s1. The van der Waals surface area contributed by atoms with E-state index in [1.165, 1.54) is 16.2 Å². The Morgan fingerprint density at radius 3 is 2.24 bits per heavy atom. The Morgan fingerprint density at radius 1 is 1.00 bits per heavy atom. The number of hydrogen-bond acceptors (Lipinski definition) is 8. The van der Waals surface area contributed by atoms with Gasteiger partial charge in [0.25, 0.3) is 0 Å². The van der Waals surface area contributed by atoms with Gasteiger partial charge < -0.3 is 25.6 Å². The molecule has 10 nitrogen and oxygen atoms in total. The zero-order chi connectivity index (χ0) is 27.5. The Labute approximate surface area is 227 Å². The Bertz CT molecular complexity index is 995. The van der Waals surface area contributed by atoms with Crippen molar-refractivity contribution in [2.45, 2.75) is 91.6 Å². The zero-order valence-corrected chi connectivity index (χ0v) is 24.4. The summed E-state index contributed by atoms with van der Waals surface area (Å²) in [5, 5.41) is 11.7. The molecule has 206 valence electrons. The number of nitrogens with zero attached hydrogens (tertiary/aromatic N) is 3. The topological polar surface area (TPSA) is 126 Å². The van der Waals surface area contributed by atoms with Gasteiger partial charge in [0.15, 0.2) is 0 Å². The first-order valence-corrected chi connectivity index (χ1v) is 14.3. The van der Waals surface area contributed by atoms with Crippen molar-refractivity contribution in [1.29, 1.82) is 0 Å². The molecule has 0 radical (unpaired) electrons. The number of ether oxygens (including phenoxy) is 1. The van der Waals surface area contributed by atoms with Crippen molar-refractivity contribution < 1.29 is 19.1 Å². The van der Waals surface area contributed by atoms with Crippen molar-refractivity contribution in [3.63, 3.8) is 0 Å². The number of rotatable bonds is 13. The van der Waals surface area contributed by atoms with E-state index in [2.05, 4.69) is 39.8 Å². The third-order valence-electron chi connectivity index (χ3n) is 5.65. The van der Waals surface area contributed by atoms with Crippen LogP contribution in [-0.2, 0) is 22.7 Å². The molecule has 0 saturated heterocycles. The van der Waals surface area contributed by atoms with Crippen LogP contribution in [0.4, 0.5) is 9.59 Å². The smallest absolute Gasteiger partial charge is 0.407 e. The van der Waals surface area contributed by atoms with Gasteiger partial charge in [-0.15, -0.1) is 22.7 Å². The molecule has 0 aliphatic heterocycles. The number of carbonyl (C=O) groups is 3. The Morgan fingerprint density at radius 2 is 1.68 bits per heavy atom. The first-order valence-electron chi connectivity index (χ1n) is 12.5. The fraction of sp³-hybridized carbons (Fsp3) is 0.640. The molecule has 0 bridgehead atoms. The molecule has 0 aliphatic rings. The lowest BCUT2D eigenvalue weighted by molar-refractivity contribution is -0.124. The number of carbonyl (C=O) groups excluding carboxylic acids is 3. The third kappa shape index (κ3) is 10.6. The normalized spacial score (nSPS) is 13.6. The number of hydrogen-bond donors (Lipinski definition) is 3. The fourth-order valence-corrected chi connectivity index (χ4v) is 4.76. The lowest BCUT2D eigenvalue weighted by atomic mass is 10.0. The van der Waals surface area contributed by atoms with Gasteiger partial charge in [-0.1, -0.05) is 27.7 Å². The number of urea groups is 1. The fourth-order valence-electron chi connectivity index (χ4n) is 3.42. The number of thiazole rings is 2. The Kier molecular flexibility index (Phi) is 12.3. The highest BCUT2D eigenvalue weighted by Crippen LogP contribution is 2.20. The highest BCUT2D eigenvalue weighted by Gasteiger charge is 2.27. The maximum atomic E-state index is 13.0. The summed E-state index contributed by atoms with van der Waals surface area (Å²) in [6.45, 7) is 12.3. The lowest BCUT2D eigenvalue weighted by Crippen LogP contribution is -2.54. The summed E-state index contributed by atoms with van der Waals surface area (Å²) >= 11 is 3.01. The van der Waals surface area contributed by atoms with Crippen LogP contribution in [0, 0.1) is 5.92 Å². The van der Waals surface area contributed by atoms with Crippen LogP contribution >= 0.6 is 22.7 Å². The molecule has 2 rings (SSSR count). The molecule has 12 heteroatoms. The molecule has 0 spiro atoms. The van der Waals surface area contributed by atoms with Gasteiger partial charge in [-0.25, -0.2) is 14.6 Å². The van der Waals surface area contributed by atoms with E-state index in [0.717, 1.165) is 15.6 Å². The average Bonchev–Trinajstić information content (AvgIpc) is 3.51. The number of alkyl carbamates (subject to hydrolysis) is 1. The molecule has 2 aromatic heterocycles. The Hall–Kier alpha value is -2.73. The molecule has 4 amide bonds. The van der Waals surface area contributed by atoms with Crippen molar-refractivity contribution in [2.75, 3.05) is 7.05 Å². The molecule has 37 heavy (non-hydrogen) atoms. The van der Waals surface area contributed by atoms with E-state index in [1.807, 2.05) is 33.1 Å². The van der Waals surface area contributed by atoms with Crippen LogP contribution < -0.4 is 16.0 Å². The Balaban J connectivity index is 1.76. The highest BCUT2D eigenvalue weighted by molar-refractivity contribution is 7.09. The van der Waals surface area contributed by atoms with E-state index in [9.17, 15) is 14.4 Å². The number of amides is 4. The van der Waals surface area contributed by atoms with E-state index in [-0.39, 0.29) is 36.5 Å². The van der Waals surface area contributed by atoms with Crippen molar-refractivity contribution in [2.24, 2.45) is 5.92 Å². The molecular weight excluding hydrogens is 512 g/mol. The molecule has 0 aliphatic carbocycles. The molecule has 3 atom stereocenters. The third-order valence-corrected chi connectivity index (χ3v) is 7.60. The molecule has 3 N–H and O–H groups in total. The van der Waals surface area contributed by atoms with E-state index < -0.39 is 12.1 Å². The summed E-state index contributed by atoms with van der Waals surface area (Å²) < 4.78 is 5.19. The van der Waals surface area contributed by atoms with Crippen LogP contribution in [0.3, 0.4) is 0 Å². The summed E-state index contributed by atoms with van der Waals surface area (Å²) in [4.78, 5) is 48.7. The maximum Gasteiger partial charge on any atom is 0.407 e. The van der Waals surface area contributed by atoms with Crippen molar-refractivity contribution in [1.82, 2.24) is 30.8 Å². The molecular formula is C25H40N6O4S2. The monoisotopic (exact) mass is 552 g/mol. The quantitative estimate of drug-likeness (QED) is 0.336. The van der Waals surface area contributed by atoms with E-state index in [1.54, 1.807) is 30.1 Å². The van der Waals surface area contributed by atoms with Crippen LogP contribution in [-0.4, -0.2) is 58.1 Å². The predicted molar refractivity (Wildman–Crippen MR) is 147 cm³/mol. The summed E-state index contributed by atoms with van der Waals surface area (Å²) in [5.74, 6) is 0.0190. The predicted octanol–water partition coefficient (Wildman–Crippen LogP) is 4.49. The summed E-state index contributed by atoms with van der Waals surface area (Å²) in [6.07, 6.45) is 2.50. The van der Waals surface area contributed by atoms with Gasteiger partial charge in [0, 0.05) is 36.6 Å². The second-order valence-corrected chi connectivity index (χ2v) is 11.8. The zero-order valence-electron chi connectivity index (χ0n) is 22.7. The first-order chi connectivity index (χ1) is 17.5. The van der Waals surface area contributed by atoms with E-state index >= 15 is 0 Å². The molecule has 2 heterocycles. The van der Waals surface area contributed by atoms with E-state index in [4.69, 9.17) is 4.74 Å². The van der Waals surface area contributed by atoms with Crippen LogP contribution in [0.5, 0.6) is 0 Å². The number of nitrogens with one attached hydrogen (secondary N) is 3. The summed E-state index contributed by atoms with van der Waals surface area (Å²) in [6, 6.07) is -1.25. The van der Waals surface area contributed by atoms with Crippen LogP contribution in [0.25, 0.3) is 0 Å². The van der Waals surface area contributed by atoms with Gasteiger partial charge in [0.05, 0.1) is 27.6 Å². The molecule has 0 aromatic carbocycles. The van der Waals surface area contributed by atoms with E-state index in [0.29, 0.717) is 25.3 Å². The van der Waals surface area contributed by atoms with Gasteiger partial charge in [-0.05, 0) is 32.6 Å². The van der Waals surface area contributed by atoms with Crippen LogP contribution in [0.2, 0.25) is 0 Å². The van der Waals surface area contributed by atoms with Gasteiger partial charge in [-0.3, -0.25) is 9.78 Å². The van der Waals surface area contributed by atoms with Gasteiger partial charge in [-0.2, -0.15) is 0 Å². The average molecular weight is 553 g/mol. The van der Waals surface area contributed by atoms with Crippen LogP contribution in [0.1, 0.15) is 75.9 Å². The highest BCUT2D eigenvalue weighted by atomic mass is 32.1. The van der Waals surface area contributed by atoms with Gasteiger partial charge >= 0.3 is 12.1 Å². The largest absolute Gasteiger partial charge is 0.444 e. The SMILES string of the molecule is CC(C)c1nc(CN(C)C(=O)N[C@@H](C(=O)N[C@@H](C)CC[C@H](C)NC(=O)OCc2cncs2)C(C)C)cs1. The summed E-state index contributed by atoms with van der Waals surface area (Å²) in [5.41, 5.74) is 2.52. The molecule has 2 aromatic rings. The number of aromatic nitrogens is 2. The minimum absolute atomic E-state index is 0.0923. The minimum atomic E-state index is -0.670. The molecule has 0 fully saturated rings. The second-order valence-electron chi connectivity index (χ2n) is 9.94. The van der Waals surface area contributed by atoms with Crippen molar-refractivity contribution in [3.05, 3.63) is 32.7 Å². The maximum absolute atomic E-state index is 13.0. The minimum Gasteiger partial charge on any atom is -0.444 e. The summed E-state index contributed by atoms with van der Waals surface area (Å²) in [7, 11) is 1.69. The van der Waals surface area contributed by atoms with Crippen molar-refractivity contribution in [3.8, 4) is 0 Å². The van der Waals surface area contributed by atoms with Gasteiger partial charge in [0.1, 0.15) is 12.6 Å². The van der Waals surface area contributed by atoms with Crippen molar-refractivity contribution >= 4 is 40.7 Å². The molecule has 0 saturated carbocycles.